The maximum atomic E-state index is 13.1. The number of pyridine rings is 1. The minimum Gasteiger partial charge on any atom is -0.370 e. The van der Waals surface area contributed by atoms with Crippen LogP contribution in [0.1, 0.15) is 42.2 Å². The van der Waals surface area contributed by atoms with Gasteiger partial charge >= 0.3 is 0 Å². The van der Waals surface area contributed by atoms with E-state index in [4.69, 9.17) is 0 Å². The highest BCUT2D eigenvalue weighted by molar-refractivity contribution is 6.11. The van der Waals surface area contributed by atoms with E-state index >= 15 is 0 Å². The van der Waals surface area contributed by atoms with Crippen LogP contribution in [-0.2, 0) is 0 Å². The molecule has 3 N–H and O–H groups in total. The number of aromatic amines is 1. The molecule has 4 heterocycles. The molecular formula is C28H34N8O. The Hall–Kier alpha value is -3.98. The van der Waals surface area contributed by atoms with Gasteiger partial charge in [0.05, 0.1) is 23.1 Å². The Kier molecular flexibility index (Phi) is 7.60. The first-order valence-electron chi connectivity index (χ1n) is 12.9. The third-order valence-electron chi connectivity index (χ3n) is 6.99. The van der Waals surface area contributed by atoms with E-state index in [1.54, 1.807) is 6.20 Å². The Morgan fingerprint density at radius 3 is 2.65 bits per heavy atom. The lowest BCUT2D eigenvalue weighted by Crippen LogP contribution is -2.43. The average molecular weight is 499 g/mol. The Morgan fingerprint density at radius 1 is 1.11 bits per heavy atom. The van der Waals surface area contributed by atoms with Crippen LogP contribution in [-0.4, -0.2) is 72.0 Å². The lowest BCUT2D eigenvalue weighted by atomic mass is 10.0. The topological polar surface area (TPSA) is 102 Å². The molecule has 0 saturated carbocycles. The first-order valence-corrected chi connectivity index (χ1v) is 12.9. The molecule has 9 nitrogen and oxygen atoms in total. The number of rotatable bonds is 7. The molecule has 2 aromatic heterocycles. The molecule has 0 aliphatic carbocycles. The number of benzene rings is 1. The monoisotopic (exact) mass is 498 g/mol. The quantitative estimate of drug-likeness (QED) is 0.336. The van der Waals surface area contributed by atoms with Crippen molar-refractivity contribution in [3.05, 3.63) is 65.8 Å². The number of aliphatic imine (C=N–C) groups is 1. The van der Waals surface area contributed by atoms with Gasteiger partial charge < -0.3 is 20.4 Å². The Bertz CT molecular complexity index is 1310. The van der Waals surface area contributed by atoms with Crippen molar-refractivity contribution in [1.82, 2.24) is 25.4 Å². The van der Waals surface area contributed by atoms with Gasteiger partial charge in [0.25, 0.3) is 5.91 Å². The number of piperidine rings is 1. The summed E-state index contributed by atoms with van der Waals surface area (Å²) < 4.78 is 0. The zero-order valence-corrected chi connectivity index (χ0v) is 21.3. The van der Waals surface area contributed by atoms with Gasteiger partial charge in [-0.2, -0.15) is 5.10 Å². The molecule has 5 rings (SSSR count). The van der Waals surface area contributed by atoms with Crippen molar-refractivity contribution in [3.63, 3.8) is 0 Å². The first kappa shape index (κ1) is 24.7. The molecule has 2 aliphatic rings. The highest BCUT2D eigenvalue weighted by Crippen LogP contribution is 2.26. The molecule has 0 spiro atoms. The summed E-state index contributed by atoms with van der Waals surface area (Å²) in [5.74, 6) is 0.646. The number of nitrogens with zero attached hydrogens (tertiary/aromatic N) is 5. The number of allylic oxidation sites excluding steroid dienone is 2. The molecule has 2 fully saturated rings. The lowest BCUT2D eigenvalue weighted by Gasteiger charge is -2.29. The van der Waals surface area contributed by atoms with E-state index in [0.717, 1.165) is 72.8 Å². The smallest absolute Gasteiger partial charge is 0.276 e. The minimum absolute atomic E-state index is 0.272. The van der Waals surface area contributed by atoms with Crippen LogP contribution in [0.15, 0.2) is 59.5 Å². The predicted octanol–water partition coefficient (Wildman–Crippen LogP) is 4.05. The summed E-state index contributed by atoms with van der Waals surface area (Å²) in [5, 5.41) is 14.4. The summed E-state index contributed by atoms with van der Waals surface area (Å²) in [6.45, 7) is 11.5. The summed E-state index contributed by atoms with van der Waals surface area (Å²) >= 11 is 0. The molecule has 37 heavy (non-hydrogen) atoms. The van der Waals surface area contributed by atoms with Crippen LogP contribution in [0.5, 0.6) is 0 Å². The standard InChI is InChI=1S/C28H34N8O/c1-20(16-23(19-29-2)35-12-4-3-5-13-35)21-6-8-25-24(17-21)27(34-33-25)28(37)32-22-7-9-26(31-18-22)36-14-10-30-11-15-36/h6-9,16-19,30H,2-5,10-15H2,1H3,(H,32,37)(H,33,34)/b20-16+,23-19+. The number of hydrogen-bond acceptors (Lipinski definition) is 7. The molecule has 9 heteroatoms. The third-order valence-corrected chi connectivity index (χ3v) is 6.99. The number of hydrogen-bond donors (Lipinski definition) is 3. The number of amides is 1. The Labute approximate surface area is 217 Å². The highest BCUT2D eigenvalue weighted by atomic mass is 16.1. The fourth-order valence-electron chi connectivity index (χ4n) is 4.92. The van der Waals surface area contributed by atoms with E-state index in [-0.39, 0.29) is 5.91 Å². The third kappa shape index (κ3) is 5.72. The molecule has 0 atom stereocenters. The van der Waals surface area contributed by atoms with Gasteiger partial charge in [-0.15, -0.1) is 0 Å². The van der Waals surface area contributed by atoms with Gasteiger partial charge in [0.15, 0.2) is 5.69 Å². The lowest BCUT2D eigenvalue weighted by molar-refractivity contribution is 0.102. The van der Waals surface area contributed by atoms with Crippen molar-refractivity contribution in [3.8, 4) is 0 Å². The molecule has 0 radical (unpaired) electrons. The first-order chi connectivity index (χ1) is 18.1. The van der Waals surface area contributed by atoms with E-state index in [1.165, 1.54) is 19.3 Å². The number of carbonyl (C=O) groups is 1. The highest BCUT2D eigenvalue weighted by Gasteiger charge is 2.17. The minimum atomic E-state index is -0.272. The van der Waals surface area contributed by atoms with Gasteiger partial charge in [-0.25, -0.2) is 4.98 Å². The Morgan fingerprint density at radius 2 is 1.92 bits per heavy atom. The average Bonchev–Trinajstić information content (AvgIpc) is 3.38. The maximum absolute atomic E-state index is 13.1. The van der Waals surface area contributed by atoms with Crippen molar-refractivity contribution in [2.75, 3.05) is 49.5 Å². The van der Waals surface area contributed by atoms with E-state index in [0.29, 0.717) is 11.4 Å². The van der Waals surface area contributed by atoms with Gasteiger partial charge in [-0.1, -0.05) is 6.07 Å². The van der Waals surface area contributed by atoms with Crippen molar-refractivity contribution >= 4 is 40.6 Å². The molecule has 2 aliphatic heterocycles. The van der Waals surface area contributed by atoms with Crippen LogP contribution in [0.3, 0.4) is 0 Å². The van der Waals surface area contributed by atoms with Gasteiger partial charge in [0.2, 0.25) is 0 Å². The fourth-order valence-corrected chi connectivity index (χ4v) is 4.92. The van der Waals surface area contributed by atoms with Crippen LogP contribution in [0, 0.1) is 0 Å². The second-order valence-corrected chi connectivity index (χ2v) is 9.54. The normalized spacial score (nSPS) is 17.2. The number of piperazine rings is 1. The van der Waals surface area contributed by atoms with E-state index in [9.17, 15) is 4.79 Å². The molecule has 1 aromatic carbocycles. The number of aromatic nitrogens is 3. The van der Waals surface area contributed by atoms with Crippen LogP contribution >= 0.6 is 0 Å². The second kappa shape index (κ2) is 11.4. The van der Waals surface area contributed by atoms with Crippen LogP contribution < -0.4 is 15.5 Å². The van der Waals surface area contributed by atoms with Gasteiger partial charge in [0.1, 0.15) is 5.82 Å². The number of fused-ring (bicyclic) bond motifs is 1. The van der Waals surface area contributed by atoms with Crippen molar-refractivity contribution in [2.24, 2.45) is 4.99 Å². The van der Waals surface area contributed by atoms with Crippen LogP contribution in [0.2, 0.25) is 0 Å². The predicted molar refractivity (Wildman–Crippen MR) is 150 cm³/mol. The van der Waals surface area contributed by atoms with Gasteiger partial charge in [-0.05, 0) is 74.4 Å². The number of likely N-dealkylation sites (tertiary alicyclic amines) is 1. The molecule has 2 saturated heterocycles. The molecule has 192 valence electrons. The van der Waals surface area contributed by atoms with Crippen molar-refractivity contribution in [2.45, 2.75) is 26.2 Å². The largest absolute Gasteiger partial charge is 0.370 e. The number of carbonyl (C=O) groups excluding carboxylic acids is 1. The molecule has 0 unspecified atom stereocenters. The molecule has 3 aromatic rings. The summed E-state index contributed by atoms with van der Waals surface area (Å²) in [4.78, 5) is 26.3. The number of H-pyrrole nitrogens is 1. The van der Waals surface area contributed by atoms with Crippen molar-refractivity contribution in [1.29, 1.82) is 0 Å². The van der Waals surface area contributed by atoms with E-state index < -0.39 is 0 Å². The maximum Gasteiger partial charge on any atom is 0.276 e. The summed E-state index contributed by atoms with van der Waals surface area (Å²) in [7, 11) is 0. The molecule has 0 bridgehead atoms. The van der Waals surface area contributed by atoms with Crippen molar-refractivity contribution < 1.29 is 4.79 Å². The zero-order chi connectivity index (χ0) is 25.6. The number of anilines is 2. The summed E-state index contributed by atoms with van der Waals surface area (Å²) in [6.07, 6.45) is 9.32. The van der Waals surface area contributed by atoms with Gasteiger partial charge in [-0.3, -0.25) is 14.9 Å². The SMILES string of the molecule is C=N/C=C(\C=C(/C)c1ccc2[nH]nc(C(=O)Nc3ccc(N4CCNCC4)nc3)c2c1)N1CCCCC1. The molecule has 1 amide bonds. The molecular weight excluding hydrogens is 464 g/mol. The van der Waals surface area contributed by atoms with E-state index in [1.807, 2.05) is 36.5 Å². The zero-order valence-electron chi connectivity index (χ0n) is 21.3. The fraction of sp³-hybridized carbons (Fsp3) is 0.357. The summed E-state index contributed by atoms with van der Waals surface area (Å²) in [6, 6.07) is 9.85. The van der Waals surface area contributed by atoms with E-state index in [2.05, 4.69) is 60.3 Å². The number of nitrogens with one attached hydrogen (secondary N) is 3. The van der Waals surface area contributed by atoms with Gasteiger partial charge in [0, 0.05) is 50.9 Å². The second-order valence-electron chi connectivity index (χ2n) is 9.54. The Balaban J connectivity index is 1.34. The van der Waals surface area contributed by atoms with Crippen LogP contribution in [0.4, 0.5) is 11.5 Å². The summed E-state index contributed by atoms with van der Waals surface area (Å²) in [5.41, 5.74) is 4.98. The van der Waals surface area contributed by atoms with Crippen LogP contribution in [0.25, 0.3) is 16.5 Å².